The van der Waals surface area contributed by atoms with Crippen molar-refractivity contribution in [3.8, 4) is 0 Å². The molecule has 1 atom stereocenters. The van der Waals surface area contributed by atoms with E-state index in [9.17, 15) is 9.59 Å². The van der Waals surface area contributed by atoms with Crippen LogP contribution in [0.2, 0.25) is 0 Å². The van der Waals surface area contributed by atoms with Gasteiger partial charge in [0.2, 0.25) is 11.8 Å². The van der Waals surface area contributed by atoms with Crippen LogP contribution in [0.1, 0.15) is 43.9 Å². The highest BCUT2D eigenvalue weighted by molar-refractivity contribution is 5.89. The van der Waals surface area contributed by atoms with Gasteiger partial charge in [-0.3, -0.25) is 9.59 Å². The third-order valence-corrected chi connectivity index (χ3v) is 6.45. The number of hydrogen-bond acceptors (Lipinski definition) is 2. The molecule has 37 heavy (non-hydrogen) atoms. The molecule has 0 fully saturated rings. The van der Waals surface area contributed by atoms with Gasteiger partial charge in [0.1, 0.15) is 6.04 Å². The van der Waals surface area contributed by atoms with Crippen LogP contribution in [-0.4, -0.2) is 28.3 Å². The molecule has 0 saturated heterocycles. The van der Waals surface area contributed by atoms with Gasteiger partial charge in [-0.05, 0) is 54.7 Å². The zero-order valence-corrected chi connectivity index (χ0v) is 22.0. The molecule has 0 aromatic heterocycles. The highest BCUT2D eigenvalue weighted by Gasteiger charge is 2.32. The Balaban J connectivity index is 1.64. The van der Waals surface area contributed by atoms with Gasteiger partial charge >= 0.3 is 0 Å². The molecule has 190 valence electrons. The van der Waals surface area contributed by atoms with Gasteiger partial charge in [0, 0.05) is 24.9 Å². The number of nitrogens with one attached hydrogen (secondary N) is 1. The third-order valence-electron chi connectivity index (χ3n) is 6.45. The molecule has 0 radical (unpaired) electrons. The molecule has 4 aromatic rings. The zero-order chi connectivity index (χ0) is 26.3. The molecule has 4 rings (SSSR count). The van der Waals surface area contributed by atoms with Crippen LogP contribution in [0.4, 0.5) is 0 Å². The van der Waals surface area contributed by atoms with E-state index >= 15 is 0 Å². The minimum atomic E-state index is -0.623. The van der Waals surface area contributed by atoms with Gasteiger partial charge in [-0.2, -0.15) is 0 Å². The summed E-state index contributed by atoms with van der Waals surface area (Å²) in [6, 6.07) is 33.7. The van der Waals surface area contributed by atoms with E-state index < -0.39 is 11.6 Å². The molecule has 1 N–H and O–H groups in total. The van der Waals surface area contributed by atoms with E-state index in [-0.39, 0.29) is 11.8 Å². The second-order valence-electron chi connectivity index (χ2n) is 10.6. The summed E-state index contributed by atoms with van der Waals surface area (Å²) >= 11 is 0. The lowest BCUT2D eigenvalue weighted by Gasteiger charge is -2.34. The van der Waals surface area contributed by atoms with Crippen molar-refractivity contribution in [2.45, 2.75) is 58.2 Å². The largest absolute Gasteiger partial charge is 0.350 e. The van der Waals surface area contributed by atoms with Crippen molar-refractivity contribution < 1.29 is 9.59 Å². The summed E-state index contributed by atoms with van der Waals surface area (Å²) in [6.07, 6.45) is 1.40. The monoisotopic (exact) mass is 492 g/mol. The number of benzene rings is 4. The fraction of sp³-hybridized carbons (Fsp3) is 0.273. The lowest BCUT2D eigenvalue weighted by atomic mass is 9.98. The Labute approximate surface area is 220 Å². The van der Waals surface area contributed by atoms with Crippen molar-refractivity contribution in [2.24, 2.45) is 0 Å². The van der Waals surface area contributed by atoms with Crippen molar-refractivity contribution in [1.29, 1.82) is 0 Å². The Hall–Kier alpha value is -3.92. The van der Waals surface area contributed by atoms with Crippen molar-refractivity contribution in [1.82, 2.24) is 10.2 Å². The summed E-state index contributed by atoms with van der Waals surface area (Å²) in [7, 11) is 0. The van der Waals surface area contributed by atoms with Gasteiger partial charge in [-0.15, -0.1) is 0 Å². The number of rotatable bonds is 9. The zero-order valence-electron chi connectivity index (χ0n) is 22.0. The van der Waals surface area contributed by atoms with Gasteiger partial charge in [0.15, 0.2) is 0 Å². The first-order valence-corrected chi connectivity index (χ1v) is 13.0. The predicted molar refractivity (Wildman–Crippen MR) is 151 cm³/mol. The number of fused-ring (bicyclic) bond motifs is 1. The second-order valence-corrected chi connectivity index (χ2v) is 10.6. The number of hydrogen-bond donors (Lipinski definition) is 1. The minimum absolute atomic E-state index is 0.0261. The Morgan fingerprint density at radius 3 is 2.03 bits per heavy atom. The summed E-state index contributed by atoms with van der Waals surface area (Å²) in [4.78, 5) is 29.3. The Morgan fingerprint density at radius 2 is 1.35 bits per heavy atom. The van der Waals surface area contributed by atoms with E-state index in [2.05, 4.69) is 29.6 Å². The Morgan fingerprint density at radius 1 is 0.757 bits per heavy atom. The summed E-state index contributed by atoms with van der Waals surface area (Å²) in [5, 5.41) is 5.46. The van der Waals surface area contributed by atoms with Crippen molar-refractivity contribution >= 4 is 22.6 Å². The van der Waals surface area contributed by atoms with E-state index in [4.69, 9.17) is 0 Å². The van der Waals surface area contributed by atoms with E-state index in [0.717, 1.165) is 16.7 Å². The first kappa shape index (κ1) is 26.2. The number of aryl methyl sites for hydroxylation is 1. The highest BCUT2D eigenvalue weighted by Crippen LogP contribution is 2.22. The standard InChI is InChI=1S/C33H36N2O2/c1-33(2,3)34-32(37)30(23-25-13-6-4-7-14-25)35(24-26-15-8-5-9-16-26)31(36)22-21-28-19-12-18-27-17-10-11-20-29(27)28/h4-20,30H,21-24H2,1-3H3,(H,34,37)/t30-/m1/s1. The minimum Gasteiger partial charge on any atom is -0.350 e. The summed E-state index contributed by atoms with van der Waals surface area (Å²) in [5.41, 5.74) is 2.76. The highest BCUT2D eigenvalue weighted by atomic mass is 16.2. The molecule has 0 bridgehead atoms. The van der Waals surface area contributed by atoms with Crippen LogP contribution in [0.25, 0.3) is 10.8 Å². The van der Waals surface area contributed by atoms with Crippen molar-refractivity contribution in [2.75, 3.05) is 0 Å². The van der Waals surface area contributed by atoms with Gasteiger partial charge in [0.25, 0.3) is 0 Å². The summed E-state index contributed by atoms with van der Waals surface area (Å²) in [5.74, 6) is -0.160. The Kier molecular flexibility index (Phi) is 8.39. The van der Waals surface area contributed by atoms with Crippen LogP contribution in [0.15, 0.2) is 103 Å². The summed E-state index contributed by atoms with van der Waals surface area (Å²) in [6.45, 7) is 6.28. The van der Waals surface area contributed by atoms with Crippen LogP contribution in [0, 0.1) is 0 Å². The Bertz CT molecular complexity index is 1320. The molecule has 4 aromatic carbocycles. The maximum Gasteiger partial charge on any atom is 0.243 e. The molecule has 0 spiro atoms. The van der Waals surface area contributed by atoms with Crippen LogP contribution in [-0.2, 0) is 29.0 Å². The molecule has 0 aliphatic heterocycles. The lowest BCUT2D eigenvalue weighted by molar-refractivity contribution is -0.141. The average molecular weight is 493 g/mol. The molecular formula is C33H36N2O2. The lowest BCUT2D eigenvalue weighted by Crippen LogP contribution is -2.54. The topological polar surface area (TPSA) is 49.4 Å². The maximum atomic E-state index is 13.9. The second kappa shape index (κ2) is 11.9. The van der Waals surface area contributed by atoms with E-state index in [1.807, 2.05) is 99.6 Å². The van der Waals surface area contributed by atoms with Crippen molar-refractivity contribution in [3.05, 3.63) is 120 Å². The van der Waals surface area contributed by atoms with E-state index in [0.29, 0.717) is 25.8 Å². The molecule has 0 heterocycles. The van der Waals surface area contributed by atoms with Gasteiger partial charge in [-0.25, -0.2) is 0 Å². The van der Waals surface area contributed by atoms with Gasteiger partial charge < -0.3 is 10.2 Å². The average Bonchev–Trinajstić information content (AvgIpc) is 2.89. The number of amides is 2. The van der Waals surface area contributed by atoms with Crippen LogP contribution < -0.4 is 5.32 Å². The SMILES string of the molecule is CC(C)(C)NC(=O)[C@@H](Cc1ccccc1)N(Cc1ccccc1)C(=O)CCc1cccc2ccccc12. The molecule has 0 aliphatic rings. The molecular weight excluding hydrogens is 456 g/mol. The number of carbonyl (C=O) groups is 2. The van der Waals surface area contributed by atoms with E-state index in [1.165, 1.54) is 10.8 Å². The van der Waals surface area contributed by atoms with Crippen molar-refractivity contribution in [3.63, 3.8) is 0 Å². The molecule has 4 heteroatoms. The fourth-order valence-corrected chi connectivity index (χ4v) is 4.68. The molecule has 0 unspecified atom stereocenters. The maximum absolute atomic E-state index is 13.9. The smallest absolute Gasteiger partial charge is 0.243 e. The van der Waals surface area contributed by atoms with Gasteiger partial charge in [-0.1, -0.05) is 103 Å². The number of carbonyl (C=O) groups excluding carboxylic acids is 2. The first-order chi connectivity index (χ1) is 17.8. The van der Waals surface area contributed by atoms with E-state index in [1.54, 1.807) is 4.90 Å². The molecule has 4 nitrogen and oxygen atoms in total. The van der Waals surface area contributed by atoms with Gasteiger partial charge in [0.05, 0.1) is 0 Å². The summed E-state index contributed by atoms with van der Waals surface area (Å²) < 4.78 is 0. The van der Waals surface area contributed by atoms with Crippen LogP contribution in [0.3, 0.4) is 0 Å². The normalized spacial score (nSPS) is 12.2. The van der Waals surface area contributed by atoms with Crippen LogP contribution in [0.5, 0.6) is 0 Å². The number of nitrogens with zero attached hydrogens (tertiary/aromatic N) is 1. The third kappa shape index (κ3) is 7.29. The molecule has 0 saturated carbocycles. The fourth-order valence-electron chi connectivity index (χ4n) is 4.68. The van der Waals surface area contributed by atoms with Crippen LogP contribution >= 0.6 is 0 Å². The molecule has 0 aliphatic carbocycles. The predicted octanol–water partition coefficient (Wildman–Crippen LogP) is 6.33. The molecule has 2 amide bonds. The first-order valence-electron chi connectivity index (χ1n) is 13.0. The quantitative estimate of drug-likeness (QED) is 0.297.